The molecule has 0 amide bonds. The van der Waals surface area contributed by atoms with E-state index in [-0.39, 0.29) is 5.41 Å². The van der Waals surface area contributed by atoms with E-state index in [1.807, 2.05) is 13.8 Å². The number of ether oxygens (including phenoxy) is 2. The molecule has 2 fully saturated rings. The molecule has 0 aromatic carbocycles. The number of rotatable bonds is 5. The van der Waals surface area contributed by atoms with E-state index in [9.17, 15) is 0 Å². The first kappa shape index (κ1) is 17.1. The Kier molecular flexibility index (Phi) is 5.89. The maximum absolute atomic E-state index is 5.99. The van der Waals surface area contributed by atoms with Crippen LogP contribution in [0.15, 0.2) is 0 Å². The summed E-state index contributed by atoms with van der Waals surface area (Å²) in [5, 5.41) is 0. The van der Waals surface area contributed by atoms with E-state index in [4.69, 9.17) is 23.0 Å². The molecule has 2 aliphatic heterocycles. The number of hydrogen-bond acceptors (Lipinski definition) is 5. The van der Waals surface area contributed by atoms with E-state index < -0.39 is 12.0 Å². The van der Waals surface area contributed by atoms with Gasteiger partial charge in [0.15, 0.2) is 0 Å². The van der Waals surface area contributed by atoms with Crippen molar-refractivity contribution in [3.8, 4) is 0 Å². The molecular formula is C13H25O5PSe. The van der Waals surface area contributed by atoms with Gasteiger partial charge < -0.3 is 0 Å². The summed E-state index contributed by atoms with van der Waals surface area (Å²) in [5.74, 6) is -0.500. The van der Waals surface area contributed by atoms with Gasteiger partial charge in [0.05, 0.1) is 0 Å². The molecule has 0 radical (unpaired) electrons. The van der Waals surface area contributed by atoms with Crippen molar-refractivity contribution in [1.29, 1.82) is 0 Å². The Hall–Kier alpha value is 0.749. The summed E-state index contributed by atoms with van der Waals surface area (Å²) in [4.78, 5) is 0. The second-order valence-corrected chi connectivity index (χ2v) is 10.5. The molecule has 0 N–H and O–H groups in total. The zero-order chi connectivity index (χ0) is 14.7. The zero-order valence-electron chi connectivity index (χ0n) is 12.6. The van der Waals surface area contributed by atoms with Crippen molar-refractivity contribution in [2.24, 2.45) is 5.41 Å². The van der Waals surface area contributed by atoms with Gasteiger partial charge in [-0.25, -0.2) is 0 Å². The van der Waals surface area contributed by atoms with E-state index in [1.165, 1.54) is 0 Å². The van der Waals surface area contributed by atoms with Gasteiger partial charge >= 0.3 is 129 Å². The van der Waals surface area contributed by atoms with Gasteiger partial charge in [-0.05, 0) is 0 Å². The minimum atomic E-state index is -2.26. The first-order chi connectivity index (χ1) is 9.39. The third-order valence-corrected chi connectivity index (χ3v) is 6.98. The Morgan fingerprint density at radius 3 is 2.30 bits per heavy atom. The van der Waals surface area contributed by atoms with Gasteiger partial charge in [0.2, 0.25) is 0 Å². The molecule has 5 nitrogen and oxygen atoms in total. The van der Waals surface area contributed by atoms with Crippen molar-refractivity contribution in [2.75, 3.05) is 33.0 Å². The van der Waals surface area contributed by atoms with Gasteiger partial charge in [-0.3, -0.25) is 0 Å². The molecule has 0 aromatic heterocycles. The summed E-state index contributed by atoms with van der Waals surface area (Å²) in [5.41, 5.74) is -0.106. The molecule has 0 unspecified atom stereocenters. The van der Waals surface area contributed by atoms with Crippen LogP contribution in [0.25, 0.3) is 0 Å². The molecule has 0 atom stereocenters. The van der Waals surface area contributed by atoms with Crippen LogP contribution in [0, 0.1) is 5.41 Å². The maximum atomic E-state index is 5.99. The van der Waals surface area contributed by atoms with Crippen LogP contribution in [0.2, 0.25) is 0 Å². The fourth-order valence-electron chi connectivity index (χ4n) is 2.31. The van der Waals surface area contributed by atoms with Crippen molar-refractivity contribution in [2.45, 2.75) is 45.8 Å². The molecule has 2 aliphatic rings. The first-order valence-electron chi connectivity index (χ1n) is 7.20. The van der Waals surface area contributed by atoms with Crippen LogP contribution in [0.5, 0.6) is 0 Å². The predicted molar refractivity (Wildman–Crippen MR) is 78.5 cm³/mol. The average Bonchev–Trinajstić information content (AvgIpc) is 2.41. The Morgan fingerprint density at radius 1 is 1.15 bits per heavy atom. The Morgan fingerprint density at radius 2 is 1.75 bits per heavy atom. The summed E-state index contributed by atoms with van der Waals surface area (Å²) < 4.78 is 28.9. The van der Waals surface area contributed by atoms with Gasteiger partial charge in [-0.15, -0.1) is 0 Å². The van der Waals surface area contributed by atoms with Gasteiger partial charge in [0.1, 0.15) is 0 Å². The quantitative estimate of drug-likeness (QED) is 0.549. The summed E-state index contributed by atoms with van der Waals surface area (Å²) in [6, 6.07) is 0. The van der Waals surface area contributed by atoms with E-state index in [1.54, 1.807) is 0 Å². The van der Waals surface area contributed by atoms with Gasteiger partial charge in [0, 0.05) is 0 Å². The van der Waals surface area contributed by atoms with Crippen molar-refractivity contribution in [1.82, 2.24) is 0 Å². The SMILES string of the molecule is CCCC1(COP2(=[Se])OCCCO2)COC(C)(C)OC1. The van der Waals surface area contributed by atoms with E-state index in [2.05, 4.69) is 22.0 Å². The summed E-state index contributed by atoms with van der Waals surface area (Å²) in [6.07, 6.45) is 0.729. The van der Waals surface area contributed by atoms with Crippen molar-refractivity contribution in [3.05, 3.63) is 0 Å². The second-order valence-electron chi connectivity index (χ2n) is 5.97. The Labute approximate surface area is 129 Å². The molecule has 0 aromatic rings. The van der Waals surface area contributed by atoms with Crippen molar-refractivity contribution >= 4 is 21.3 Å². The molecule has 2 rings (SSSR count). The molecule has 2 saturated heterocycles. The standard InChI is InChI=1S/C13H25O5PSe/c1-4-6-13(9-14-12(2,3)15-10-13)11-18-19(20)16-7-5-8-17-19/h4-11H2,1-3H3. The molecule has 0 bridgehead atoms. The third-order valence-electron chi connectivity index (χ3n) is 3.55. The normalized spacial score (nSPS) is 28.1. The fraction of sp³-hybridized carbons (Fsp3) is 1.00. The second kappa shape index (κ2) is 6.89. The summed E-state index contributed by atoms with van der Waals surface area (Å²) >= 11 is 2.97. The van der Waals surface area contributed by atoms with Crippen molar-refractivity contribution in [3.63, 3.8) is 0 Å². The monoisotopic (exact) mass is 372 g/mol. The summed E-state index contributed by atoms with van der Waals surface area (Å²) in [7, 11) is 0. The molecule has 2 heterocycles. The Bertz CT molecular complexity index is 354. The van der Waals surface area contributed by atoms with Crippen molar-refractivity contribution < 1.29 is 23.0 Å². The van der Waals surface area contributed by atoms with Crippen LogP contribution in [-0.2, 0) is 23.0 Å². The first-order valence-corrected chi connectivity index (χ1v) is 11.0. The minimum absolute atomic E-state index is 0.106. The van der Waals surface area contributed by atoms with Crippen LogP contribution >= 0.6 is 6.19 Å². The predicted octanol–water partition coefficient (Wildman–Crippen LogP) is 2.86. The molecule has 0 spiro atoms. The third kappa shape index (κ3) is 4.62. The van der Waals surface area contributed by atoms with Gasteiger partial charge in [0.25, 0.3) is 0 Å². The van der Waals surface area contributed by atoms with Crippen LogP contribution in [0.3, 0.4) is 0 Å². The molecule has 20 heavy (non-hydrogen) atoms. The van der Waals surface area contributed by atoms with E-state index >= 15 is 0 Å². The zero-order valence-corrected chi connectivity index (χ0v) is 15.2. The van der Waals surface area contributed by atoms with Gasteiger partial charge in [-0.1, -0.05) is 0 Å². The molecule has 7 heteroatoms. The van der Waals surface area contributed by atoms with Gasteiger partial charge in [-0.2, -0.15) is 0 Å². The average molecular weight is 371 g/mol. The molecule has 118 valence electrons. The molecular weight excluding hydrogens is 346 g/mol. The van der Waals surface area contributed by atoms with Crippen LogP contribution in [0.4, 0.5) is 0 Å². The summed E-state index contributed by atoms with van der Waals surface area (Å²) in [6.45, 7) is 9.28. The van der Waals surface area contributed by atoms with E-state index in [0.717, 1.165) is 19.3 Å². The van der Waals surface area contributed by atoms with E-state index in [0.29, 0.717) is 33.0 Å². The van der Waals surface area contributed by atoms with Crippen LogP contribution < -0.4 is 0 Å². The van der Waals surface area contributed by atoms with Crippen LogP contribution in [-0.4, -0.2) is 53.9 Å². The van der Waals surface area contributed by atoms with Crippen LogP contribution in [0.1, 0.15) is 40.0 Å². The molecule has 0 aliphatic carbocycles. The fourth-order valence-corrected chi connectivity index (χ4v) is 4.94. The molecule has 0 saturated carbocycles. The number of hydrogen-bond donors (Lipinski definition) is 0. The Balaban J connectivity index is 1.94. The topological polar surface area (TPSA) is 46.2 Å².